The van der Waals surface area contributed by atoms with Gasteiger partial charge in [0.25, 0.3) is 0 Å². The highest BCUT2D eigenvalue weighted by Gasteiger charge is 2.49. The predicted octanol–water partition coefficient (Wildman–Crippen LogP) is 9.25. The van der Waals surface area contributed by atoms with Crippen LogP contribution in [0.4, 0.5) is 18.9 Å². The van der Waals surface area contributed by atoms with Gasteiger partial charge in [0.05, 0.1) is 35.6 Å². The number of fused-ring (bicyclic) bond motifs is 1. The Morgan fingerprint density at radius 1 is 0.750 bits per heavy atom. The minimum atomic E-state index is -5.79. The summed E-state index contributed by atoms with van der Waals surface area (Å²) in [4.78, 5) is 9.72. The van der Waals surface area contributed by atoms with E-state index in [1.807, 2.05) is 84.5 Å². The summed E-state index contributed by atoms with van der Waals surface area (Å²) in [6, 6.07) is 34.6. The third-order valence-electron chi connectivity index (χ3n) is 11.9. The Labute approximate surface area is 371 Å². The fourth-order valence-corrected chi connectivity index (χ4v) is 8.79. The van der Waals surface area contributed by atoms with E-state index in [0.717, 1.165) is 78.0 Å². The Morgan fingerprint density at radius 3 is 2.05 bits per heavy atom. The Balaban J connectivity index is 0.866. The molecule has 1 aliphatic heterocycles. The zero-order valence-corrected chi connectivity index (χ0v) is 36.9. The zero-order valence-electron chi connectivity index (χ0n) is 36.0. The molecule has 0 spiro atoms. The van der Waals surface area contributed by atoms with Crippen LogP contribution in [0.15, 0.2) is 109 Å². The van der Waals surface area contributed by atoms with Crippen LogP contribution in [0.25, 0.3) is 22.2 Å². The number of benzene rings is 4. The minimum absolute atomic E-state index is 0.0606. The van der Waals surface area contributed by atoms with Crippen LogP contribution in [-0.2, 0) is 35.1 Å². The first-order valence-corrected chi connectivity index (χ1v) is 22.9. The number of aryl methyl sites for hydroxylation is 1. The number of nitrogens with zero attached hydrogens (tertiary/aromatic N) is 5. The monoisotopic (exact) mass is 899 g/mol. The first-order chi connectivity index (χ1) is 30.8. The fourth-order valence-electron chi connectivity index (χ4n) is 8.28. The van der Waals surface area contributed by atoms with Gasteiger partial charge in [-0.15, -0.1) is 0 Å². The molecule has 6 aromatic rings. The molecule has 12 nitrogen and oxygen atoms in total. The molecule has 1 aliphatic carbocycles. The van der Waals surface area contributed by atoms with Gasteiger partial charge in [0.15, 0.2) is 0 Å². The van der Waals surface area contributed by atoms with Crippen molar-refractivity contribution in [2.75, 3.05) is 37.7 Å². The third kappa shape index (κ3) is 10.4. The number of alkyl halides is 3. The minimum Gasteiger partial charge on any atom is -0.490 e. The lowest BCUT2D eigenvalue weighted by atomic mass is 9.94. The summed E-state index contributed by atoms with van der Waals surface area (Å²) in [6.45, 7) is 8.38. The van der Waals surface area contributed by atoms with Crippen molar-refractivity contribution in [2.45, 2.75) is 76.5 Å². The molecule has 0 amide bonds. The number of piperazine rings is 1. The Morgan fingerprint density at radius 2 is 1.38 bits per heavy atom. The number of halogens is 3. The molecule has 1 atom stereocenters. The molecule has 338 valence electrons. The summed E-state index contributed by atoms with van der Waals surface area (Å²) in [5.74, 6) is 0.793. The first-order valence-electron chi connectivity index (χ1n) is 21.5. The van der Waals surface area contributed by atoms with E-state index >= 15 is 0 Å². The molecule has 1 saturated carbocycles. The van der Waals surface area contributed by atoms with E-state index in [2.05, 4.69) is 39.1 Å². The molecule has 1 saturated heterocycles. The highest BCUT2D eigenvalue weighted by atomic mass is 32.2. The zero-order chi connectivity index (χ0) is 44.8. The van der Waals surface area contributed by atoms with Gasteiger partial charge in [-0.05, 0) is 74.9 Å². The second kappa shape index (κ2) is 19.5. The van der Waals surface area contributed by atoms with Gasteiger partial charge >= 0.3 is 15.6 Å². The highest BCUT2D eigenvalue weighted by molar-refractivity contribution is 7.88. The number of rotatable bonds is 16. The Hall–Kier alpha value is -5.84. The number of hydrogen-bond acceptors (Lipinski definition) is 11. The average molecular weight is 900 g/mol. The van der Waals surface area contributed by atoms with Gasteiger partial charge in [-0.3, -0.25) is 9.58 Å². The van der Waals surface area contributed by atoms with Crippen molar-refractivity contribution in [3.05, 3.63) is 126 Å². The van der Waals surface area contributed by atoms with Gasteiger partial charge < -0.3 is 28.0 Å². The van der Waals surface area contributed by atoms with E-state index < -0.39 is 21.4 Å². The summed E-state index contributed by atoms with van der Waals surface area (Å²) in [7, 11) is -3.82. The van der Waals surface area contributed by atoms with E-state index in [4.69, 9.17) is 29.0 Å². The normalized spacial score (nSPS) is 17.9. The SMILES string of the molecule is Cc1c(OC2CCC(OC[C@@H](C)N3CCN(c4cccc5c(-c6ccc(OCc7ccccc7)nc6OCc6ccccc6)nn(C)c45)CC3)CC2)cccc1OS(=O)(=O)C(F)(F)F. The van der Waals surface area contributed by atoms with Gasteiger partial charge in [-0.1, -0.05) is 78.9 Å². The van der Waals surface area contributed by atoms with Crippen molar-refractivity contribution in [1.82, 2.24) is 19.7 Å². The van der Waals surface area contributed by atoms with Crippen LogP contribution >= 0.6 is 0 Å². The molecule has 2 aromatic heterocycles. The van der Waals surface area contributed by atoms with Crippen molar-refractivity contribution in [2.24, 2.45) is 7.05 Å². The maximum absolute atomic E-state index is 12.9. The standard InChI is InChI=1S/C48H52F3N5O7S/c1-33(30-59-37-20-22-38(23-21-37)62-42-18-11-19-43(34(42)2)63-64(57,58)48(49,50)51)55-26-28-56(29-27-55)41-17-10-16-39-45(53-54(3)46(39)41)40-24-25-44(60-31-35-12-6-4-7-13-35)52-47(40)61-32-36-14-8-5-9-15-36/h4-19,24-25,33,37-38H,20-23,26-32H2,1-3H3/t33-,37?,38?/m1/s1. The van der Waals surface area contributed by atoms with E-state index in [1.165, 1.54) is 19.1 Å². The van der Waals surface area contributed by atoms with Crippen molar-refractivity contribution in [1.29, 1.82) is 0 Å². The summed E-state index contributed by atoms with van der Waals surface area (Å²) in [5, 5.41) is 6.06. The molecule has 0 unspecified atom stereocenters. The molecule has 4 aromatic carbocycles. The van der Waals surface area contributed by atoms with Gasteiger partial charge in [-0.2, -0.15) is 31.7 Å². The van der Waals surface area contributed by atoms with Crippen LogP contribution in [0, 0.1) is 6.92 Å². The van der Waals surface area contributed by atoms with Crippen LogP contribution in [-0.4, -0.2) is 84.6 Å². The second-order valence-electron chi connectivity index (χ2n) is 16.3. The molecule has 16 heteroatoms. The molecule has 64 heavy (non-hydrogen) atoms. The molecule has 0 radical (unpaired) electrons. The van der Waals surface area contributed by atoms with E-state index in [-0.39, 0.29) is 29.6 Å². The maximum atomic E-state index is 12.9. The Bertz CT molecular complexity index is 2620. The lowest BCUT2D eigenvalue weighted by Gasteiger charge is -2.39. The number of hydrogen-bond donors (Lipinski definition) is 0. The van der Waals surface area contributed by atoms with Crippen molar-refractivity contribution in [3.8, 4) is 34.5 Å². The molecule has 2 aliphatic rings. The molecule has 8 rings (SSSR count). The highest BCUT2D eigenvalue weighted by Crippen LogP contribution is 2.39. The van der Waals surface area contributed by atoms with Gasteiger partial charge in [0.2, 0.25) is 11.8 Å². The van der Waals surface area contributed by atoms with Crippen molar-refractivity contribution in [3.63, 3.8) is 0 Å². The summed E-state index contributed by atoms with van der Waals surface area (Å²) >= 11 is 0. The lowest BCUT2D eigenvalue weighted by molar-refractivity contribution is -0.0500. The van der Waals surface area contributed by atoms with Gasteiger partial charge in [-0.25, -0.2) is 0 Å². The molecular weight excluding hydrogens is 848 g/mol. The van der Waals surface area contributed by atoms with Crippen LogP contribution in [0.5, 0.6) is 23.3 Å². The largest absolute Gasteiger partial charge is 0.534 e. The van der Waals surface area contributed by atoms with Gasteiger partial charge in [0, 0.05) is 56.3 Å². The average Bonchev–Trinajstić information content (AvgIpc) is 3.64. The molecular formula is C48H52F3N5O7S. The molecule has 0 N–H and O–H groups in total. The molecule has 3 heterocycles. The number of ether oxygens (including phenoxy) is 4. The number of para-hydroxylation sites is 1. The number of anilines is 1. The third-order valence-corrected chi connectivity index (χ3v) is 12.8. The summed E-state index contributed by atoms with van der Waals surface area (Å²) in [5.41, 5.74) is 0.443. The molecule has 0 bridgehead atoms. The maximum Gasteiger partial charge on any atom is 0.534 e. The van der Waals surface area contributed by atoms with Crippen molar-refractivity contribution >= 4 is 26.7 Å². The topological polar surface area (TPSA) is 117 Å². The van der Waals surface area contributed by atoms with E-state index in [0.29, 0.717) is 44.4 Å². The fraction of sp³-hybridized carbons (Fsp3) is 0.375. The first kappa shape index (κ1) is 44.8. The van der Waals surface area contributed by atoms with E-state index in [9.17, 15) is 21.6 Å². The van der Waals surface area contributed by atoms with Crippen molar-refractivity contribution < 1.29 is 44.7 Å². The van der Waals surface area contributed by atoms with Crippen LogP contribution in [0.2, 0.25) is 0 Å². The summed E-state index contributed by atoms with van der Waals surface area (Å²) in [6.07, 6.45) is 2.79. The number of pyridine rings is 1. The summed E-state index contributed by atoms with van der Waals surface area (Å²) < 4.78 is 93.2. The smallest absolute Gasteiger partial charge is 0.490 e. The van der Waals surface area contributed by atoms with E-state index in [1.54, 1.807) is 6.07 Å². The Kier molecular flexibility index (Phi) is 13.6. The van der Waals surface area contributed by atoms with Crippen LogP contribution in [0.3, 0.4) is 0 Å². The second-order valence-corrected chi connectivity index (χ2v) is 17.8. The quantitative estimate of drug-likeness (QED) is 0.0684. The number of aromatic nitrogens is 3. The predicted molar refractivity (Wildman–Crippen MR) is 238 cm³/mol. The molecule has 2 fully saturated rings. The van der Waals surface area contributed by atoms with Gasteiger partial charge in [0.1, 0.15) is 30.4 Å². The van der Waals surface area contributed by atoms with Crippen LogP contribution < -0.4 is 23.3 Å². The van der Waals surface area contributed by atoms with Crippen LogP contribution in [0.1, 0.15) is 49.3 Å². The lowest BCUT2D eigenvalue weighted by Crippen LogP contribution is -2.51.